The van der Waals surface area contributed by atoms with E-state index in [9.17, 15) is 9.90 Å². The van der Waals surface area contributed by atoms with Gasteiger partial charge < -0.3 is 9.51 Å². The molecule has 19 heavy (non-hydrogen) atoms. The van der Waals surface area contributed by atoms with Gasteiger partial charge in [-0.15, -0.1) is 11.3 Å². The zero-order valence-corrected chi connectivity index (χ0v) is 11.8. The number of thiophene rings is 1. The fraction of sp³-hybridized carbons (Fsp3) is 0. The second-order valence-corrected chi connectivity index (χ2v) is 6.24. The van der Waals surface area contributed by atoms with Crippen LogP contribution in [0.2, 0.25) is 8.67 Å². The second kappa shape index (κ2) is 4.56. The van der Waals surface area contributed by atoms with Crippen LogP contribution in [0.15, 0.2) is 36.7 Å². The molecule has 96 valence electrons. The molecule has 1 N–H and O–H groups in total. The molecule has 0 saturated carbocycles. The van der Waals surface area contributed by atoms with Gasteiger partial charge >= 0.3 is 5.97 Å². The number of rotatable bonds is 2. The Morgan fingerprint density at radius 1 is 1.26 bits per heavy atom. The highest BCUT2D eigenvalue weighted by Gasteiger charge is 2.21. The van der Waals surface area contributed by atoms with Crippen molar-refractivity contribution in [1.29, 1.82) is 0 Å². The minimum atomic E-state index is -0.984. The number of halogens is 2. The molecule has 0 aliphatic carbocycles. The third-order valence-corrected chi connectivity index (χ3v) is 4.33. The predicted octanol–water partition coefficient (Wildman–Crippen LogP) is 4.67. The lowest BCUT2D eigenvalue weighted by molar-refractivity contribution is 0.0700. The van der Waals surface area contributed by atoms with Gasteiger partial charge in [-0.25, -0.2) is 4.79 Å². The molecule has 0 aliphatic heterocycles. The van der Waals surface area contributed by atoms with E-state index in [2.05, 4.69) is 0 Å². The van der Waals surface area contributed by atoms with E-state index in [0.717, 1.165) is 0 Å². The Hall–Kier alpha value is -1.49. The zero-order chi connectivity index (χ0) is 13.6. The first-order valence-electron chi connectivity index (χ1n) is 5.36. The quantitative estimate of drug-likeness (QED) is 0.747. The SMILES string of the molecule is O=C(O)c1c(-c2cc(Cl)sc2Cl)cn2ccccc12. The molecular weight excluding hydrogens is 305 g/mol. The van der Waals surface area contributed by atoms with Gasteiger partial charge in [0.25, 0.3) is 0 Å². The molecule has 0 bridgehead atoms. The van der Waals surface area contributed by atoms with E-state index in [4.69, 9.17) is 23.2 Å². The molecule has 3 aromatic heterocycles. The van der Waals surface area contributed by atoms with Crippen molar-refractivity contribution < 1.29 is 9.90 Å². The topological polar surface area (TPSA) is 41.7 Å². The van der Waals surface area contributed by atoms with Gasteiger partial charge in [-0.2, -0.15) is 0 Å². The first kappa shape index (κ1) is 12.5. The van der Waals surface area contributed by atoms with Gasteiger partial charge in [-0.05, 0) is 18.2 Å². The number of hydrogen-bond donors (Lipinski definition) is 1. The maximum absolute atomic E-state index is 11.5. The highest BCUT2D eigenvalue weighted by atomic mass is 35.5. The molecular formula is C13H7Cl2NO2S. The van der Waals surface area contributed by atoms with Gasteiger partial charge in [0.15, 0.2) is 0 Å². The zero-order valence-electron chi connectivity index (χ0n) is 9.43. The van der Waals surface area contributed by atoms with Gasteiger partial charge in [0.05, 0.1) is 15.4 Å². The van der Waals surface area contributed by atoms with Crippen molar-refractivity contribution in [1.82, 2.24) is 4.40 Å². The number of carbonyl (C=O) groups is 1. The van der Waals surface area contributed by atoms with E-state index in [1.54, 1.807) is 35.0 Å². The lowest BCUT2D eigenvalue weighted by atomic mass is 10.1. The highest BCUT2D eigenvalue weighted by Crippen LogP contribution is 2.40. The average Bonchev–Trinajstić information content (AvgIpc) is 2.88. The van der Waals surface area contributed by atoms with Crippen molar-refractivity contribution in [2.75, 3.05) is 0 Å². The third-order valence-electron chi connectivity index (χ3n) is 2.84. The van der Waals surface area contributed by atoms with E-state index in [1.807, 2.05) is 6.07 Å². The monoisotopic (exact) mass is 311 g/mol. The largest absolute Gasteiger partial charge is 0.478 e. The maximum Gasteiger partial charge on any atom is 0.338 e. The second-order valence-electron chi connectivity index (χ2n) is 3.95. The number of aromatic carboxylic acids is 1. The molecule has 0 fully saturated rings. The van der Waals surface area contributed by atoms with Crippen LogP contribution >= 0.6 is 34.5 Å². The molecule has 0 aliphatic rings. The van der Waals surface area contributed by atoms with Crippen LogP contribution in [0.3, 0.4) is 0 Å². The standard InChI is InChI=1S/C13H7Cl2NO2S/c14-10-5-7(12(15)19-10)8-6-16-4-2-1-3-9(16)11(8)13(17)18/h1-6H,(H,17,18). The van der Waals surface area contributed by atoms with Gasteiger partial charge in [0.2, 0.25) is 0 Å². The minimum absolute atomic E-state index is 0.233. The van der Waals surface area contributed by atoms with Gasteiger partial charge in [0.1, 0.15) is 4.34 Å². The average molecular weight is 312 g/mol. The summed E-state index contributed by atoms with van der Waals surface area (Å²) in [6.45, 7) is 0. The van der Waals surface area contributed by atoms with E-state index in [-0.39, 0.29) is 5.56 Å². The summed E-state index contributed by atoms with van der Waals surface area (Å²) in [6, 6.07) is 7.09. The number of carboxylic acids is 1. The Morgan fingerprint density at radius 2 is 2.05 bits per heavy atom. The smallest absolute Gasteiger partial charge is 0.338 e. The minimum Gasteiger partial charge on any atom is -0.478 e. The fourth-order valence-corrected chi connectivity index (χ4v) is 3.57. The lowest BCUT2D eigenvalue weighted by Crippen LogP contribution is -1.97. The molecule has 3 nitrogen and oxygen atoms in total. The van der Waals surface area contributed by atoms with Crippen molar-refractivity contribution in [3.63, 3.8) is 0 Å². The summed E-state index contributed by atoms with van der Waals surface area (Å²) < 4.78 is 2.79. The molecule has 0 amide bonds. The van der Waals surface area contributed by atoms with Crippen LogP contribution in [0, 0.1) is 0 Å². The summed E-state index contributed by atoms with van der Waals surface area (Å²) in [5.74, 6) is -0.984. The molecule has 3 rings (SSSR count). The molecule has 0 atom stereocenters. The van der Waals surface area contributed by atoms with Gasteiger partial charge in [-0.3, -0.25) is 0 Å². The Morgan fingerprint density at radius 3 is 2.68 bits per heavy atom. The molecule has 0 spiro atoms. The Bertz CT molecular complexity index is 791. The summed E-state index contributed by atoms with van der Waals surface area (Å²) in [6.07, 6.45) is 3.55. The molecule has 3 aromatic rings. The Balaban J connectivity index is 2.37. The van der Waals surface area contributed by atoms with Crippen LogP contribution in [-0.2, 0) is 0 Å². The van der Waals surface area contributed by atoms with Crippen molar-refractivity contribution in [3.8, 4) is 11.1 Å². The summed E-state index contributed by atoms with van der Waals surface area (Å²) >= 11 is 13.3. The Kier molecular flexibility index (Phi) is 3.01. The van der Waals surface area contributed by atoms with E-state index in [1.165, 1.54) is 11.3 Å². The molecule has 3 heterocycles. The predicted molar refractivity (Wildman–Crippen MR) is 77.7 cm³/mol. The molecule has 0 radical (unpaired) electrons. The van der Waals surface area contributed by atoms with Crippen molar-refractivity contribution in [3.05, 3.63) is 50.9 Å². The van der Waals surface area contributed by atoms with E-state index >= 15 is 0 Å². The van der Waals surface area contributed by atoms with Crippen molar-refractivity contribution in [2.24, 2.45) is 0 Å². The summed E-state index contributed by atoms with van der Waals surface area (Å²) in [5, 5.41) is 9.43. The van der Waals surface area contributed by atoms with E-state index < -0.39 is 5.97 Å². The third kappa shape index (κ3) is 2.02. The molecule has 0 aromatic carbocycles. The van der Waals surface area contributed by atoms with Crippen molar-refractivity contribution >= 4 is 46.0 Å². The lowest BCUT2D eigenvalue weighted by Gasteiger charge is -1.98. The van der Waals surface area contributed by atoms with Crippen LogP contribution < -0.4 is 0 Å². The van der Waals surface area contributed by atoms with Crippen LogP contribution in [0.4, 0.5) is 0 Å². The number of aromatic nitrogens is 1. The fourth-order valence-electron chi connectivity index (χ4n) is 2.07. The number of nitrogens with zero attached hydrogens (tertiary/aromatic N) is 1. The van der Waals surface area contributed by atoms with Gasteiger partial charge in [0, 0.05) is 23.5 Å². The maximum atomic E-state index is 11.5. The van der Waals surface area contributed by atoms with Crippen LogP contribution in [0.5, 0.6) is 0 Å². The first-order chi connectivity index (χ1) is 9.08. The van der Waals surface area contributed by atoms with E-state index in [0.29, 0.717) is 25.3 Å². The number of pyridine rings is 1. The van der Waals surface area contributed by atoms with Crippen LogP contribution in [-0.4, -0.2) is 15.5 Å². The normalized spacial score (nSPS) is 11.1. The number of carboxylic acid groups (broad SMARTS) is 1. The summed E-state index contributed by atoms with van der Waals surface area (Å²) in [5.41, 5.74) is 2.09. The summed E-state index contributed by atoms with van der Waals surface area (Å²) in [4.78, 5) is 11.5. The highest BCUT2D eigenvalue weighted by molar-refractivity contribution is 7.20. The van der Waals surface area contributed by atoms with Crippen molar-refractivity contribution in [2.45, 2.75) is 0 Å². The first-order valence-corrected chi connectivity index (χ1v) is 6.93. The Labute approximate surface area is 122 Å². The molecule has 0 unspecified atom stereocenters. The number of hydrogen-bond acceptors (Lipinski definition) is 2. The molecule has 6 heteroatoms. The van der Waals surface area contributed by atoms with Crippen LogP contribution in [0.1, 0.15) is 10.4 Å². The summed E-state index contributed by atoms with van der Waals surface area (Å²) in [7, 11) is 0. The van der Waals surface area contributed by atoms with Crippen LogP contribution in [0.25, 0.3) is 16.6 Å². The number of fused-ring (bicyclic) bond motifs is 1. The van der Waals surface area contributed by atoms with Gasteiger partial charge in [-0.1, -0.05) is 29.3 Å². The molecule has 0 saturated heterocycles.